The van der Waals surface area contributed by atoms with Crippen molar-refractivity contribution < 1.29 is 15.0 Å². The van der Waals surface area contributed by atoms with Crippen LogP contribution in [0.1, 0.15) is 80.7 Å². The van der Waals surface area contributed by atoms with Crippen molar-refractivity contribution >= 4 is 17.4 Å². The monoisotopic (exact) mass is 473 g/mol. The lowest BCUT2D eigenvalue weighted by Crippen LogP contribution is -2.28. The van der Waals surface area contributed by atoms with E-state index < -0.39 is 0 Å². The highest BCUT2D eigenvalue weighted by atomic mass is 35.5. The number of hydrogen-bond acceptors (Lipinski definition) is 4. The summed E-state index contributed by atoms with van der Waals surface area (Å²) in [4.78, 5) is 12.8. The van der Waals surface area contributed by atoms with Gasteiger partial charge in [0.15, 0.2) is 0 Å². The lowest BCUT2D eigenvalue weighted by molar-refractivity contribution is -0.118. The number of hydrogen-bond donors (Lipinski definition) is 3. The van der Waals surface area contributed by atoms with Gasteiger partial charge in [-0.1, -0.05) is 57.5 Å². The number of aliphatic hydroxyl groups is 1. The van der Waals surface area contributed by atoms with Gasteiger partial charge in [0.2, 0.25) is 0 Å². The number of ketones is 1. The third-order valence-corrected chi connectivity index (χ3v) is 6.78. The van der Waals surface area contributed by atoms with Crippen LogP contribution in [0.15, 0.2) is 30.3 Å². The number of rotatable bonds is 11. The molecule has 0 aliphatic rings. The van der Waals surface area contributed by atoms with Gasteiger partial charge in [-0.3, -0.25) is 4.79 Å². The van der Waals surface area contributed by atoms with E-state index in [0.29, 0.717) is 29.0 Å². The topological polar surface area (TPSA) is 83.5 Å². The molecule has 0 bridgehead atoms. The summed E-state index contributed by atoms with van der Waals surface area (Å²) in [6, 6.07) is 9.28. The van der Waals surface area contributed by atoms with Gasteiger partial charge in [-0.2, -0.15) is 0 Å². The first-order chi connectivity index (χ1) is 15.4. The Kier molecular flexibility index (Phi) is 9.96. The van der Waals surface area contributed by atoms with Crippen LogP contribution in [-0.4, -0.2) is 28.6 Å². The highest BCUT2D eigenvalue weighted by Gasteiger charge is 2.20. The molecule has 4 nitrogen and oxygen atoms in total. The Hall–Kier alpha value is -1.88. The van der Waals surface area contributed by atoms with E-state index in [-0.39, 0.29) is 41.9 Å². The van der Waals surface area contributed by atoms with Gasteiger partial charge < -0.3 is 15.9 Å². The van der Waals surface area contributed by atoms with Crippen LogP contribution in [0.5, 0.6) is 5.75 Å². The van der Waals surface area contributed by atoms with Gasteiger partial charge in [-0.15, -0.1) is 0 Å². The van der Waals surface area contributed by atoms with Gasteiger partial charge in [0.25, 0.3) is 0 Å². The number of aryl methyl sites for hydroxylation is 1. The predicted octanol–water partition coefficient (Wildman–Crippen LogP) is 5.89. The van der Waals surface area contributed by atoms with Crippen LogP contribution in [0.4, 0.5) is 0 Å². The number of benzene rings is 2. The Bertz CT molecular complexity index is 949. The van der Waals surface area contributed by atoms with Crippen molar-refractivity contribution in [3.63, 3.8) is 0 Å². The van der Waals surface area contributed by atoms with Crippen molar-refractivity contribution in [2.24, 2.45) is 11.1 Å². The number of phenols is 1. The van der Waals surface area contributed by atoms with E-state index in [1.54, 1.807) is 19.1 Å². The minimum Gasteiger partial charge on any atom is -0.508 e. The number of aliphatic hydroxyl groups excluding tert-OH is 1. The first-order valence-electron chi connectivity index (χ1n) is 11.9. The molecule has 0 heterocycles. The predicted molar refractivity (Wildman–Crippen MR) is 137 cm³/mol. The van der Waals surface area contributed by atoms with Crippen LogP contribution in [0.25, 0.3) is 0 Å². The molecule has 0 fully saturated rings. The molecule has 0 spiro atoms. The molecular weight excluding hydrogens is 434 g/mol. The molecule has 2 rings (SSSR count). The molecule has 2 aromatic rings. The summed E-state index contributed by atoms with van der Waals surface area (Å²) in [7, 11) is 0. The smallest absolute Gasteiger partial charge is 0.137 e. The lowest BCUT2D eigenvalue weighted by Gasteiger charge is -2.24. The van der Waals surface area contributed by atoms with Gasteiger partial charge in [0, 0.05) is 23.9 Å². The first-order valence-corrected chi connectivity index (χ1v) is 12.3. The van der Waals surface area contributed by atoms with E-state index in [4.69, 9.17) is 17.3 Å². The summed E-state index contributed by atoms with van der Waals surface area (Å²) in [6.45, 7) is 10.6. The van der Waals surface area contributed by atoms with E-state index in [0.717, 1.165) is 19.3 Å². The molecule has 0 radical (unpaired) electrons. The average molecular weight is 474 g/mol. The molecule has 0 saturated carbocycles. The second-order valence-corrected chi connectivity index (χ2v) is 10.9. The molecule has 2 aromatic carbocycles. The second-order valence-electron chi connectivity index (χ2n) is 10.5. The van der Waals surface area contributed by atoms with Crippen molar-refractivity contribution in [1.29, 1.82) is 0 Å². The number of phenolic OH excluding ortho intramolecular Hbond substituents is 1. The Balaban J connectivity index is 2.16. The van der Waals surface area contributed by atoms with Crippen LogP contribution in [0.2, 0.25) is 5.02 Å². The SMILES string of the molecule is Cc1c(O)ccc(Cl)c1CC(=O)CC[C@@H](C)c1cccc(CCC(C)(C)C)c1C[C@@H](N)CO. The van der Waals surface area contributed by atoms with E-state index in [1.807, 2.05) is 0 Å². The molecule has 0 aliphatic heterocycles. The van der Waals surface area contributed by atoms with Crippen LogP contribution in [0.3, 0.4) is 0 Å². The summed E-state index contributed by atoms with van der Waals surface area (Å²) in [6.07, 6.45) is 4.03. The Labute approximate surface area is 204 Å². The first kappa shape index (κ1) is 27.4. The summed E-state index contributed by atoms with van der Waals surface area (Å²) in [5.41, 5.74) is 11.4. The van der Waals surface area contributed by atoms with Crippen LogP contribution in [0, 0.1) is 12.3 Å². The lowest BCUT2D eigenvalue weighted by atomic mass is 9.82. The highest BCUT2D eigenvalue weighted by molar-refractivity contribution is 6.31. The zero-order valence-electron chi connectivity index (χ0n) is 20.7. The molecule has 0 aliphatic carbocycles. The van der Waals surface area contributed by atoms with Crippen LogP contribution < -0.4 is 5.73 Å². The van der Waals surface area contributed by atoms with Crippen molar-refractivity contribution in [2.45, 2.75) is 85.1 Å². The third kappa shape index (κ3) is 8.13. The summed E-state index contributed by atoms with van der Waals surface area (Å²) in [5, 5.41) is 20.0. The number of Topliss-reactive ketones (excluding diaryl/α,β-unsaturated/α-hetero) is 1. The van der Waals surface area contributed by atoms with Gasteiger partial charge in [-0.05, 0) is 83.9 Å². The average Bonchev–Trinajstić information content (AvgIpc) is 2.76. The van der Waals surface area contributed by atoms with Gasteiger partial charge in [0.05, 0.1) is 6.61 Å². The van der Waals surface area contributed by atoms with Gasteiger partial charge in [0.1, 0.15) is 11.5 Å². The van der Waals surface area contributed by atoms with Gasteiger partial charge in [-0.25, -0.2) is 0 Å². The molecular formula is C28H40ClNO3. The number of aromatic hydroxyl groups is 1. The minimum atomic E-state index is -0.302. The Morgan fingerprint density at radius 2 is 1.85 bits per heavy atom. The van der Waals surface area contributed by atoms with Crippen LogP contribution >= 0.6 is 11.6 Å². The number of carbonyl (C=O) groups excluding carboxylic acids is 1. The van der Waals surface area contributed by atoms with Crippen molar-refractivity contribution in [1.82, 2.24) is 0 Å². The maximum absolute atomic E-state index is 12.8. The zero-order valence-corrected chi connectivity index (χ0v) is 21.5. The van der Waals surface area contributed by atoms with Gasteiger partial charge >= 0.3 is 0 Å². The largest absolute Gasteiger partial charge is 0.508 e. The van der Waals surface area contributed by atoms with Crippen molar-refractivity contribution in [2.75, 3.05) is 6.61 Å². The Morgan fingerprint density at radius 1 is 1.15 bits per heavy atom. The fourth-order valence-corrected chi connectivity index (χ4v) is 4.45. The van der Waals surface area contributed by atoms with Crippen LogP contribution in [-0.2, 0) is 24.1 Å². The molecule has 5 heteroatoms. The molecule has 0 amide bonds. The summed E-state index contributed by atoms with van der Waals surface area (Å²) < 4.78 is 0. The molecule has 2 atom stereocenters. The fraction of sp³-hybridized carbons (Fsp3) is 0.536. The minimum absolute atomic E-state index is 0.0516. The number of carbonyl (C=O) groups is 1. The van der Waals surface area contributed by atoms with E-state index >= 15 is 0 Å². The third-order valence-electron chi connectivity index (χ3n) is 6.43. The molecule has 0 aromatic heterocycles. The second kappa shape index (κ2) is 12.0. The van der Waals surface area contributed by atoms with E-state index in [1.165, 1.54) is 16.7 Å². The molecule has 182 valence electrons. The number of halogens is 1. The molecule has 0 saturated heterocycles. The molecule has 33 heavy (non-hydrogen) atoms. The maximum atomic E-state index is 12.8. The zero-order chi connectivity index (χ0) is 24.8. The van der Waals surface area contributed by atoms with E-state index in [9.17, 15) is 15.0 Å². The maximum Gasteiger partial charge on any atom is 0.137 e. The fourth-order valence-electron chi connectivity index (χ4n) is 4.18. The van der Waals surface area contributed by atoms with E-state index in [2.05, 4.69) is 45.9 Å². The quantitative estimate of drug-likeness (QED) is 0.380. The standard InChI is InChI=1S/C28H40ClNO3/c1-18(9-10-22(32)16-24-19(2)27(33)12-11-26(24)29)23-8-6-7-20(13-14-28(3,4)5)25(23)15-21(30)17-31/h6-8,11-12,18,21,31,33H,9-10,13-17,30H2,1-5H3/t18-,21-/m1/s1. The summed E-state index contributed by atoms with van der Waals surface area (Å²) in [5.74, 6) is 0.452. The number of nitrogens with two attached hydrogens (primary N) is 1. The summed E-state index contributed by atoms with van der Waals surface area (Å²) >= 11 is 6.27. The molecule has 0 unspecified atom stereocenters. The highest BCUT2D eigenvalue weighted by Crippen LogP contribution is 2.32. The Morgan fingerprint density at radius 3 is 2.48 bits per heavy atom. The molecule has 4 N–H and O–H groups in total. The normalized spacial score (nSPS) is 13.7. The van der Waals surface area contributed by atoms with Crippen molar-refractivity contribution in [3.05, 3.63) is 63.2 Å². The van der Waals surface area contributed by atoms with Crippen molar-refractivity contribution in [3.8, 4) is 5.75 Å².